The third-order valence-corrected chi connectivity index (χ3v) is 5.30. The first-order chi connectivity index (χ1) is 13.2. The van der Waals surface area contributed by atoms with E-state index in [4.69, 9.17) is 14.2 Å². The Bertz CT molecular complexity index is 945. The number of carbonyl (C=O) groups is 1. The van der Waals surface area contributed by atoms with Crippen molar-refractivity contribution in [2.75, 3.05) is 21.3 Å². The Hall–Kier alpha value is -2.88. The van der Waals surface area contributed by atoms with E-state index >= 15 is 0 Å². The molecule has 0 spiro atoms. The average Bonchev–Trinajstić information content (AvgIpc) is 2.71. The second kappa shape index (κ2) is 8.87. The van der Waals surface area contributed by atoms with Crippen LogP contribution in [0.25, 0.3) is 0 Å². The molecule has 0 saturated carbocycles. The fraction of sp³-hybridized carbons (Fsp3) is 0.278. The van der Waals surface area contributed by atoms with Gasteiger partial charge in [-0.25, -0.2) is 8.42 Å². The zero-order chi connectivity index (χ0) is 20.9. The van der Waals surface area contributed by atoms with Crippen LogP contribution in [0, 0.1) is 0 Å². The summed E-state index contributed by atoms with van der Waals surface area (Å²) in [4.78, 5) is 11.7. The van der Waals surface area contributed by atoms with E-state index in [1.807, 2.05) is 0 Å². The number of halogens is 2. The van der Waals surface area contributed by atoms with Gasteiger partial charge in [0.1, 0.15) is 5.75 Å². The maximum atomic E-state index is 12.6. The van der Waals surface area contributed by atoms with Gasteiger partial charge in [-0.1, -0.05) is 0 Å². The lowest BCUT2D eigenvalue weighted by molar-refractivity contribution is 0.0950. The predicted octanol–water partition coefficient (Wildman–Crippen LogP) is 2.64. The topological polar surface area (TPSA) is 90.9 Å². The van der Waals surface area contributed by atoms with Crippen LogP contribution in [0.3, 0.4) is 0 Å². The molecule has 0 radical (unpaired) electrons. The van der Waals surface area contributed by atoms with E-state index in [2.05, 4.69) is 5.32 Å². The highest BCUT2D eigenvalue weighted by Crippen LogP contribution is 2.34. The van der Waals surface area contributed by atoms with Gasteiger partial charge in [-0.15, -0.1) is 0 Å². The number of nitrogens with one attached hydrogen (secondary N) is 1. The average molecular weight is 415 g/mol. The molecule has 1 amide bonds. The molecule has 0 aliphatic heterocycles. The second-order valence-electron chi connectivity index (χ2n) is 5.53. The third-order valence-electron chi connectivity index (χ3n) is 3.91. The lowest BCUT2D eigenvalue weighted by Gasteiger charge is -2.14. The fourth-order valence-corrected chi connectivity index (χ4v) is 3.13. The van der Waals surface area contributed by atoms with Crippen molar-refractivity contribution in [2.45, 2.75) is 17.2 Å². The Kier molecular flexibility index (Phi) is 6.79. The lowest BCUT2D eigenvalue weighted by Crippen LogP contribution is -2.23. The first kappa shape index (κ1) is 21.4. The summed E-state index contributed by atoms with van der Waals surface area (Å²) in [6.45, 7) is 0.0828. The predicted molar refractivity (Wildman–Crippen MR) is 96.9 cm³/mol. The summed E-state index contributed by atoms with van der Waals surface area (Å²) in [5.41, 5.74) is 0.734. The van der Waals surface area contributed by atoms with Crippen LogP contribution < -0.4 is 19.5 Å². The van der Waals surface area contributed by atoms with Crippen LogP contribution in [0.2, 0.25) is 0 Å². The Morgan fingerprint density at radius 2 is 1.50 bits per heavy atom. The molecule has 0 unspecified atom stereocenters. The summed E-state index contributed by atoms with van der Waals surface area (Å²) in [6.07, 6.45) is 0. The molecule has 0 aliphatic carbocycles. The summed E-state index contributed by atoms with van der Waals surface area (Å²) in [6, 6.07) is 7.52. The molecule has 0 aromatic heterocycles. The van der Waals surface area contributed by atoms with Gasteiger partial charge in [0.2, 0.25) is 9.84 Å². The van der Waals surface area contributed by atoms with Gasteiger partial charge >= 0.3 is 5.76 Å². The molecule has 2 rings (SSSR count). The standard InChI is InChI=1S/C18H19F2NO6S/c1-25-14-9-16(27-3)15(26-2)8-12(14)10-21-17(22)11-4-6-13(7-5-11)28(23,24)18(19)20/h4-9,18H,10H2,1-3H3,(H,21,22). The smallest absolute Gasteiger partial charge is 0.341 e. The van der Waals surface area contributed by atoms with Gasteiger partial charge in [-0.2, -0.15) is 8.78 Å². The normalized spacial score (nSPS) is 11.2. The van der Waals surface area contributed by atoms with E-state index in [1.165, 1.54) is 21.3 Å². The van der Waals surface area contributed by atoms with E-state index in [1.54, 1.807) is 12.1 Å². The summed E-state index contributed by atoms with van der Waals surface area (Å²) in [5.74, 6) is -2.65. The number of methoxy groups -OCH3 is 3. The molecular formula is C18H19F2NO6S. The van der Waals surface area contributed by atoms with E-state index in [-0.39, 0.29) is 12.1 Å². The largest absolute Gasteiger partial charge is 0.496 e. The van der Waals surface area contributed by atoms with Crippen LogP contribution >= 0.6 is 0 Å². The second-order valence-corrected chi connectivity index (χ2v) is 7.45. The molecule has 28 heavy (non-hydrogen) atoms. The van der Waals surface area contributed by atoms with Crippen LogP contribution in [0.5, 0.6) is 17.2 Å². The molecule has 0 heterocycles. The van der Waals surface area contributed by atoms with Crippen molar-refractivity contribution in [1.29, 1.82) is 0 Å². The van der Waals surface area contributed by atoms with Crippen LogP contribution in [0.4, 0.5) is 8.78 Å². The first-order valence-electron chi connectivity index (χ1n) is 7.93. The number of benzene rings is 2. The lowest BCUT2D eigenvalue weighted by atomic mass is 10.1. The zero-order valence-electron chi connectivity index (χ0n) is 15.4. The van der Waals surface area contributed by atoms with Crippen molar-refractivity contribution in [3.8, 4) is 17.2 Å². The molecule has 0 fully saturated rings. The molecule has 0 aliphatic rings. The number of carbonyl (C=O) groups excluding carboxylic acids is 1. The zero-order valence-corrected chi connectivity index (χ0v) is 16.2. The minimum atomic E-state index is -4.71. The third kappa shape index (κ3) is 4.50. The highest BCUT2D eigenvalue weighted by Gasteiger charge is 2.26. The van der Waals surface area contributed by atoms with Crippen LogP contribution in [-0.2, 0) is 16.4 Å². The minimum absolute atomic E-state index is 0.0828. The van der Waals surface area contributed by atoms with Crippen LogP contribution in [-0.4, -0.2) is 41.4 Å². The van der Waals surface area contributed by atoms with Crippen molar-refractivity contribution >= 4 is 15.7 Å². The molecule has 1 N–H and O–H groups in total. The van der Waals surface area contributed by atoms with Gasteiger partial charge in [-0.3, -0.25) is 4.79 Å². The Labute approximate surface area is 161 Å². The highest BCUT2D eigenvalue weighted by molar-refractivity contribution is 7.91. The molecule has 7 nitrogen and oxygen atoms in total. The maximum absolute atomic E-state index is 12.6. The molecule has 10 heteroatoms. The number of rotatable bonds is 8. The summed E-state index contributed by atoms with van der Waals surface area (Å²) in [5, 5.41) is 2.65. The van der Waals surface area contributed by atoms with E-state index in [0.29, 0.717) is 22.8 Å². The molecular weight excluding hydrogens is 396 g/mol. The molecule has 0 atom stereocenters. The molecule has 152 valence electrons. The van der Waals surface area contributed by atoms with Crippen molar-refractivity contribution in [2.24, 2.45) is 0 Å². The van der Waals surface area contributed by atoms with Crippen LogP contribution in [0.15, 0.2) is 41.3 Å². The molecule has 0 saturated heterocycles. The number of alkyl halides is 2. The number of hydrogen-bond donors (Lipinski definition) is 1. The number of amides is 1. The maximum Gasteiger partial charge on any atom is 0.341 e. The van der Waals surface area contributed by atoms with Crippen molar-refractivity contribution in [3.05, 3.63) is 47.5 Å². The molecule has 2 aromatic rings. The van der Waals surface area contributed by atoms with E-state index < -0.39 is 26.4 Å². The van der Waals surface area contributed by atoms with Gasteiger partial charge in [-0.05, 0) is 30.3 Å². The minimum Gasteiger partial charge on any atom is -0.496 e. The Morgan fingerprint density at radius 3 is 2.00 bits per heavy atom. The molecule has 0 bridgehead atoms. The summed E-state index contributed by atoms with van der Waals surface area (Å²) < 4.78 is 63.6. The SMILES string of the molecule is COc1cc(OC)c(OC)cc1CNC(=O)c1ccc(S(=O)(=O)C(F)F)cc1. The fourth-order valence-electron chi connectivity index (χ4n) is 2.41. The number of hydrogen-bond acceptors (Lipinski definition) is 6. The molecule has 2 aromatic carbocycles. The van der Waals surface area contributed by atoms with Crippen molar-refractivity contribution in [1.82, 2.24) is 5.32 Å². The quantitative estimate of drug-likeness (QED) is 0.713. The van der Waals surface area contributed by atoms with Gasteiger partial charge in [0.25, 0.3) is 5.91 Å². The van der Waals surface area contributed by atoms with Gasteiger partial charge in [0.15, 0.2) is 11.5 Å². The number of sulfone groups is 1. The van der Waals surface area contributed by atoms with Crippen molar-refractivity contribution in [3.63, 3.8) is 0 Å². The first-order valence-corrected chi connectivity index (χ1v) is 9.48. The highest BCUT2D eigenvalue weighted by atomic mass is 32.2. The monoisotopic (exact) mass is 415 g/mol. The van der Waals surface area contributed by atoms with E-state index in [9.17, 15) is 22.0 Å². The Balaban J connectivity index is 2.16. The van der Waals surface area contributed by atoms with Crippen LogP contribution in [0.1, 0.15) is 15.9 Å². The Morgan fingerprint density at radius 1 is 0.964 bits per heavy atom. The van der Waals surface area contributed by atoms with Crippen molar-refractivity contribution < 1.29 is 36.2 Å². The van der Waals surface area contributed by atoms with E-state index in [0.717, 1.165) is 24.3 Å². The van der Waals surface area contributed by atoms with Gasteiger partial charge < -0.3 is 19.5 Å². The van der Waals surface area contributed by atoms with Gasteiger partial charge in [0, 0.05) is 23.7 Å². The summed E-state index contributed by atoms with van der Waals surface area (Å²) >= 11 is 0. The number of ether oxygens (including phenoxy) is 3. The summed E-state index contributed by atoms with van der Waals surface area (Å²) in [7, 11) is -0.282. The van der Waals surface area contributed by atoms with Gasteiger partial charge in [0.05, 0.1) is 26.2 Å².